The summed E-state index contributed by atoms with van der Waals surface area (Å²) in [7, 11) is 1.62. The average molecular weight is 299 g/mol. The first-order valence-electron chi connectivity index (χ1n) is 7.47. The molecular formula is C18H21NO3. The third-order valence-electron chi connectivity index (χ3n) is 3.67. The molecule has 0 amide bonds. The van der Waals surface area contributed by atoms with Gasteiger partial charge in [0.05, 0.1) is 18.4 Å². The third-order valence-corrected chi connectivity index (χ3v) is 3.67. The minimum atomic E-state index is -0.214. The third kappa shape index (κ3) is 3.27. The fourth-order valence-electron chi connectivity index (χ4n) is 2.40. The van der Waals surface area contributed by atoms with Crippen LogP contribution in [0.15, 0.2) is 41.2 Å². The number of benzene rings is 1. The normalized spacial score (nSPS) is 10.5. The first-order valence-corrected chi connectivity index (χ1v) is 7.47. The van der Waals surface area contributed by atoms with Gasteiger partial charge in [0.2, 0.25) is 0 Å². The van der Waals surface area contributed by atoms with Gasteiger partial charge in [0, 0.05) is 6.54 Å². The standard InChI is InChI=1S/C18H21NO3/c1-4-5-12-19-17(11-10-16(13(2)20)18(19)21)14-6-8-15(22-3)9-7-14/h6-11H,4-5,12H2,1-3H3. The van der Waals surface area contributed by atoms with Crippen molar-refractivity contribution in [3.05, 3.63) is 52.3 Å². The van der Waals surface area contributed by atoms with Gasteiger partial charge >= 0.3 is 0 Å². The molecule has 116 valence electrons. The van der Waals surface area contributed by atoms with Crippen LogP contribution < -0.4 is 10.3 Å². The topological polar surface area (TPSA) is 48.3 Å². The van der Waals surface area contributed by atoms with E-state index in [1.165, 1.54) is 6.92 Å². The number of methoxy groups -OCH3 is 1. The van der Waals surface area contributed by atoms with E-state index in [4.69, 9.17) is 4.74 Å². The van der Waals surface area contributed by atoms with Gasteiger partial charge in [-0.15, -0.1) is 0 Å². The smallest absolute Gasteiger partial charge is 0.261 e. The molecule has 4 nitrogen and oxygen atoms in total. The average Bonchev–Trinajstić information content (AvgIpc) is 2.53. The molecule has 0 aliphatic rings. The Hall–Kier alpha value is -2.36. The summed E-state index contributed by atoms with van der Waals surface area (Å²) in [6, 6.07) is 11.0. The maximum atomic E-state index is 12.6. The van der Waals surface area contributed by atoms with Crippen LogP contribution in [0.5, 0.6) is 5.75 Å². The molecule has 22 heavy (non-hydrogen) atoms. The number of carbonyl (C=O) groups excluding carboxylic acids is 1. The van der Waals surface area contributed by atoms with Crippen molar-refractivity contribution in [2.24, 2.45) is 0 Å². The van der Waals surface area contributed by atoms with Gasteiger partial charge in [-0.2, -0.15) is 0 Å². The number of hydrogen-bond donors (Lipinski definition) is 0. The lowest BCUT2D eigenvalue weighted by molar-refractivity contribution is 0.101. The van der Waals surface area contributed by atoms with Gasteiger partial charge in [-0.3, -0.25) is 9.59 Å². The van der Waals surface area contributed by atoms with E-state index in [1.54, 1.807) is 17.7 Å². The van der Waals surface area contributed by atoms with Crippen LogP contribution >= 0.6 is 0 Å². The van der Waals surface area contributed by atoms with E-state index in [9.17, 15) is 9.59 Å². The maximum Gasteiger partial charge on any atom is 0.261 e. The Morgan fingerprint density at radius 2 is 1.82 bits per heavy atom. The van der Waals surface area contributed by atoms with Crippen LogP contribution in [0.2, 0.25) is 0 Å². The largest absolute Gasteiger partial charge is 0.497 e. The van der Waals surface area contributed by atoms with Crippen LogP contribution in [0.4, 0.5) is 0 Å². The van der Waals surface area contributed by atoms with Crippen LogP contribution in [-0.2, 0) is 6.54 Å². The van der Waals surface area contributed by atoms with E-state index in [0.717, 1.165) is 29.8 Å². The summed E-state index contributed by atoms with van der Waals surface area (Å²) >= 11 is 0. The van der Waals surface area contributed by atoms with Crippen LogP contribution in [0.25, 0.3) is 11.3 Å². The van der Waals surface area contributed by atoms with Crippen molar-refractivity contribution >= 4 is 5.78 Å². The molecule has 0 saturated heterocycles. The quantitative estimate of drug-likeness (QED) is 0.767. The monoisotopic (exact) mass is 299 g/mol. The van der Waals surface area contributed by atoms with E-state index < -0.39 is 0 Å². The number of ketones is 1. The van der Waals surface area contributed by atoms with Gasteiger partial charge in [-0.05, 0) is 55.3 Å². The lowest BCUT2D eigenvalue weighted by atomic mass is 10.1. The molecule has 0 bridgehead atoms. The highest BCUT2D eigenvalue weighted by Crippen LogP contribution is 2.22. The molecule has 0 saturated carbocycles. The highest BCUT2D eigenvalue weighted by atomic mass is 16.5. The second-order valence-corrected chi connectivity index (χ2v) is 5.23. The summed E-state index contributed by atoms with van der Waals surface area (Å²) in [6.45, 7) is 4.11. The predicted octanol–water partition coefficient (Wildman–Crippen LogP) is 3.53. The summed E-state index contributed by atoms with van der Waals surface area (Å²) in [5, 5.41) is 0. The fourth-order valence-corrected chi connectivity index (χ4v) is 2.40. The summed E-state index contributed by atoms with van der Waals surface area (Å²) in [6.07, 6.45) is 1.88. The zero-order chi connectivity index (χ0) is 16.1. The lowest BCUT2D eigenvalue weighted by Gasteiger charge is -2.14. The summed E-state index contributed by atoms with van der Waals surface area (Å²) in [5.74, 6) is 0.572. The molecule has 1 aromatic heterocycles. The number of nitrogens with zero attached hydrogens (tertiary/aromatic N) is 1. The summed E-state index contributed by atoms with van der Waals surface area (Å²) in [5.41, 5.74) is 1.79. The summed E-state index contributed by atoms with van der Waals surface area (Å²) in [4.78, 5) is 24.1. The first kappa shape index (κ1) is 16.0. The number of pyridine rings is 1. The molecule has 2 aromatic rings. The van der Waals surface area contributed by atoms with Gasteiger partial charge in [0.15, 0.2) is 5.78 Å². The Morgan fingerprint density at radius 3 is 2.36 bits per heavy atom. The number of ether oxygens (including phenoxy) is 1. The zero-order valence-electron chi connectivity index (χ0n) is 13.3. The second kappa shape index (κ2) is 7.07. The Balaban J connectivity index is 2.55. The Bertz CT molecular complexity index is 714. The summed E-state index contributed by atoms with van der Waals surface area (Å²) < 4.78 is 6.86. The van der Waals surface area contributed by atoms with E-state index in [2.05, 4.69) is 6.92 Å². The van der Waals surface area contributed by atoms with Crippen molar-refractivity contribution in [2.75, 3.05) is 7.11 Å². The number of rotatable bonds is 6. The van der Waals surface area contributed by atoms with Gasteiger partial charge < -0.3 is 9.30 Å². The Kier molecular flexibility index (Phi) is 5.15. The lowest BCUT2D eigenvalue weighted by Crippen LogP contribution is -2.26. The van der Waals surface area contributed by atoms with Crippen molar-refractivity contribution in [3.63, 3.8) is 0 Å². The molecule has 0 N–H and O–H groups in total. The highest BCUT2D eigenvalue weighted by Gasteiger charge is 2.13. The van der Waals surface area contributed by atoms with E-state index >= 15 is 0 Å². The molecule has 4 heteroatoms. The number of hydrogen-bond acceptors (Lipinski definition) is 3. The molecule has 0 unspecified atom stereocenters. The van der Waals surface area contributed by atoms with Gasteiger partial charge in [0.25, 0.3) is 5.56 Å². The van der Waals surface area contributed by atoms with Gasteiger partial charge in [-0.1, -0.05) is 13.3 Å². The first-order chi connectivity index (χ1) is 10.6. The molecule has 2 rings (SSSR count). The van der Waals surface area contributed by atoms with Gasteiger partial charge in [-0.25, -0.2) is 0 Å². The minimum Gasteiger partial charge on any atom is -0.497 e. The second-order valence-electron chi connectivity index (χ2n) is 5.23. The SMILES string of the molecule is CCCCn1c(-c2ccc(OC)cc2)ccc(C(C)=O)c1=O. The number of aromatic nitrogens is 1. The molecule has 0 aliphatic heterocycles. The molecule has 0 aliphatic carbocycles. The van der Waals surface area contributed by atoms with Crippen molar-refractivity contribution < 1.29 is 9.53 Å². The Labute approximate surface area is 130 Å². The number of unbranched alkanes of at least 4 members (excludes halogenated alkanes) is 1. The Morgan fingerprint density at radius 1 is 1.14 bits per heavy atom. The van der Waals surface area contributed by atoms with E-state index in [0.29, 0.717) is 6.54 Å². The predicted molar refractivity (Wildman–Crippen MR) is 87.6 cm³/mol. The number of Topliss-reactive ketones (excluding diaryl/α,β-unsaturated/α-hetero) is 1. The molecule has 0 atom stereocenters. The van der Waals surface area contributed by atoms with Crippen molar-refractivity contribution in [1.29, 1.82) is 0 Å². The highest BCUT2D eigenvalue weighted by molar-refractivity contribution is 5.94. The van der Waals surface area contributed by atoms with Crippen LogP contribution in [0, 0.1) is 0 Å². The van der Waals surface area contributed by atoms with Crippen molar-refractivity contribution in [2.45, 2.75) is 33.2 Å². The molecule has 1 heterocycles. The fraction of sp³-hybridized carbons (Fsp3) is 0.333. The molecule has 0 fully saturated rings. The van der Waals surface area contributed by atoms with Crippen LogP contribution in [0.3, 0.4) is 0 Å². The zero-order valence-corrected chi connectivity index (χ0v) is 13.3. The van der Waals surface area contributed by atoms with E-state index in [-0.39, 0.29) is 16.9 Å². The maximum absolute atomic E-state index is 12.6. The van der Waals surface area contributed by atoms with E-state index in [1.807, 2.05) is 30.3 Å². The van der Waals surface area contributed by atoms with Crippen molar-refractivity contribution in [3.8, 4) is 17.0 Å². The van der Waals surface area contributed by atoms with Gasteiger partial charge in [0.1, 0.15) is 5.75 Å². The van der Waals surface area contributed by atoms with Crippen LogP contribution in [-0.4, -0.2) is 17.5 Å². The number of carbonyl (C=O) groups is 1. The molecular weight excluding hydrogens is 278 g/mol. The molecule has 0 radical (unpaired) electrons. The van der Waals surface area contributed by atoms with Crippen molar-refractivity contribution in [1.82, 2.24) is 4.57 Å². The minimum absolute atomic E-state index is 0.198. The molecule has 1 aromatic carbocycles. The molecule has 0 spiro atoms. The van der Waals surface area contributed by atoms with Crippen LogP contribution in [0.1, 0.15) is 37.0 Å².